The summed E-state index contributed by atoms with van der Waals surface area (Å²) in [5, 5.41) is 4.09. The average Bonchev–Trinajstić information content (AvgIpc) is 2.78. The van der Waals surface area contributed by atoms with Crippen molar-refractivity contribution < 1.29 is 9.59 Å². The molecule has 0 radical (unpaired) electrons. The topological polar surface area (TPSA) is 49.4 Å². The molecule has 1 atom stereocenters. The van der Waals surface area contributed by atoms with Gasteiger partial charge >= 0.3 is 0 Å². The third-order valence-corrected chi connectivity index (χ3v) is 5.09. The lowest BCUT2D eigenvalue weighted by Gasteiger charge is -2.25. The summed E-state index contributed by atoms with van der Waals surface area (Å²) in [5.74, 6) is -0.398. The lowest BCUT2D eigenvalue weighted by Crippen LogP contribution is -2.44. The van der Waals surface area contributed by atoms with Crippen LogP contribution in [0.3, 0.4) is 0 Å². The zero-order valence-electron chi connectivity index (χ0n) is 12.1. The summed E-state index contributed by atoms with van der Waals surface area (Å²) in [7, 11) is 0. The molecule has 2 amide bonds. The van der Waals surface area contributed by atoms with Gasteiger partial charge in [0.2, 0.25) is 5.91 Å². The van der Waals surface area contributed by atoms with Gasteiger partial charge in [0.1, 0.15) is 0 Å². The summed E-state index contributed by atoms with van der Waals surface area (Å²) in [6.45, 7) is 0. The van der Waals surface area contributed by atoms with Crippen molar-refractivity contribution in [1.82, 2.24) is 5.32 Å². The van der Waals surface area contributed by atoms with Crippen molar-refractivity contribution in [3.63, 3.8) is 0 Å². The van der Waals surface area contributed by atoms with Gasteiger partial charge in [-0.1, -0.05) is 42.5 Å². The summed E-state index contributed by atoms with van der Waals surface area (Å²) >= 11 is 11.9. The molecule has 1 saturated carbocycles. The number of nitrogens with zero attached hydrogens (tertiary/aromatic N) is 1. The molecular formula is C16H18Cl2N2O2. The van der Waals surface area contributed by atoms with Crippen LogP contribution in [0.5, 0.6) is 0 Å². The number of rotatable bonds is 3. The minimum atomic E-state index is -0.426. The van der Waals surface area contributed by atoms with Crippen LogP contribution in [0.2, 0.25) is 10.0 Å². The van der Waals surface area contributed by atoms with E-state index in [9.17, 15) is 9.59 Å². The van der Waals surface area contributed by atoms with E-state index < -0.39 is 6.04 Å². The van der Waals surface area contributed by atoms with Gasteiger partial charge in [0.05, 0.1) is 28.2 Å². The second-order valence-electron chi connectivity index (χ2n) is 5.92. The molecule has 0 unspecified atom stereocenters. The molecule has 6 heteroatoms. The normalized spacial score (nSPS) is 23.4. The van der Waals surface area contributed by atoms with Crippen LogP contribution >= 0.6 is 23.2 Å². The average molecular weight is 341 g/mol. The standard InChI is InChI=1S/C16H18Cl2N2O2/c17-12-7-6-11(8-13(12)18)20-15(21)9-14(16(20)22)19-10-4-2-1-3-5-10/h6-8,10,14,19H,1-5,9H2/t14-/m1/s1. The molecule has 1 heterocycles. The Morgan fingerprint density at radius 1 is 1.05 bits per heavy atom. The number of hydrogen-bond donors (Lipinski definition) is 1. The van der Waals surface area contributed by atoms with Crippen LogP contribution in [0, 0.1) is 0 Å². The second kappa shape index (κ2) is 6.57. The van der Waals surface area contributed by atoms with Crippen LogP contribution < -0.4 is 10.2 Å². The van der Waals surface area contributed by atoms with Crippen molar-refractivity contribution >= 4 is 40.7 Å². The predicted molar refractivity (Wildman–Crippen MR) is 87.4 cm³/mol. The Hall–Kier alpha value is -1.10. The molecule has 1 aliphatic heterocycles. The molecule has 3 rings (SSSR count). The molecule has 0 aromatic heterocycles. The van der Waals surface area contributed by atoms with Crippen LogP contribution in [0.25, 0.3) is 0 Å². The van der Waals surface area contributed by atoms with Gasteiger partial charge in [-0.25, -0.2) is 4.90 Å². The van der Waals surface area contributed by atoms with Gasteiger partial charge in [0, 0.05) is 6.04 Å². The first-order chi connectivity index (χ1) is 10.6. The number of amides is 2. The van der Waals surface area contributed by atoms with Gasteiger partial charge in [-0.2, -0.15) is 0 Å². The first kappa shape index (κ1) is 15.8. The van der Waals surface area contributed by atoms with Crippen molar-refractivity contribution in [3.05, 3.63) is 28.2 Å². The number of nitrogens with one attached hydrogen (secondary N) is 1. The smallest absolute Gasteiger partial charge is 0.251 e. The number of carbonyl (C=O) groups excluding carboxylic acids is 2. The number of carbonyl (C=O) groups is 2. The van der Waals surface area contributed by atoms with Crippen LogP contribution in [-0.4, -0.2) is 23.9 Å². The van der Waals surface area contributed by atoms with E-state index in [1.807, 2.05) is 0 Å². The van der Waals surface area contributed by atoms with Gasteiger partial charge in [-0.15, -0.1) is 0 Å². The van der Waals surface area contributed by atoms with E-state index in [2.05, 4.69) is 5.32 Å². The molecule has 2 fully saturated rings. The molecule has 1 saturated heterocycles. The molecule has 2 aliphatic rings. The SMILES string of the molecule is O=C1C[C@@H](NC2CCCCC2)C(=O)N1c1ccc(Cl)c(Cl)c1. The number of benzene rings is 1. The molecular weight excluding hydrogens is 323 g/mol. The van der Waals surface area contributed by atoms with E-state index in [-0.39, 0.29) is 18.2 Å². The summed E-state index contributed by atoms with van der Waals surface area (Å²) in [6, 6.07) is 4.71. The molecule has 118 valence electrons. The summed E-state index contributed by atoms with van der Waals surface area (Å²) < 4.78 is 0. The van der Waals surface area contributed by atoms with Crippen LogP contribution in [-0.2, 0) is 9.59 Å². The molecule has 22 heavy (non-hydrogen) atoms. The highest BCUT2D eigenvalue weighted by Gasteiger charge is 2.40. The van der Waals surface area contributed by atoms with Crippen LogP contribution in [0.15, 0.2) is 18.2 Å². The molecule has 1 aliphatic carbocycles. The minimum Gasteiger partial charge on any atom is -0.303 e. The van der Waals surface area contributed by atoms with Gasteiger partial charge in [-0.05, 0) is 31.0 Å². The highest BCUT2D eigenvalue weighted by atomic mass is 35.5. The van der Waals surface area contributed by atoms with Gasteiger partial charge in [0.25, 0.3) is 5.91 Å². The Morgan fingerprint density at radius 3 is 2.45 bits per heavy atom. The number of halogens is 2. The lowest BCUT2D eigenvalue weighted by atomic mass is 9.95. The van der Waals surface area contributed by atoms with Gasteiger partial charge < -0.3 is 5.32 Å². The Bertz CT molecular complexity index is 600. The zero-order chi connectivity index (χ0) is 15.7. The minimum absolute atomic E-state index is 0.198. The van der Waals surface area contributed by atoms with Crippen molar-refractivity contribution in [1.29, 1.82) is 0 Å². The van der Waals surface area contributed by atoms with E-state index in [0.29, 0.717) is 21.8 Å². The number of hydrogen-bond acceptors (Lipinski definition) is 3. The van der Waals surface area contributed by atoms with E-state index >= 15 is 0 Å². The van der Waals surface area contributed by atoms with E-state index in [1.165, 1.54) is 24.2 Å². The molecule has 1 N–H and O–H groups in total. The molecule has 1 aromatic carbocycles. The Balaban J connectivity index is 1.74. The maximum Gasteiger partial charge on any atom is 0.251 e. The van der Waals surface area contributed by atoms with Crippen LogP contribution in [0.1, 0.15) is 38.5 Å². The fraction of sp³-hybridized carbons (Fsp3) is 0.500. The molecule has 0 bridgehead atoms. The summed E-state index contributed by atoms with van der Waals surface area (Å²) in [6.07, 6.45) is 5.97. The second-order valence-corrected chi connectivity index (χ2v) is 6.74. The van der Waals surface area contributed by atoms with Gasteiger partial charge in [-0.3, -0.25) is 9.59 Å². The molecule has 0 spiro atoms. The fourth-order valence-corrected chi connectivity index (χ4v) is 3.50. The molecule has 1 aromatic rings. The number of imide groups is 1. The van der Waals surface area contributed by atoms with Crippen molar-refractivity contribution in [2.45, 2.75) is 50.6 Å². The third-order valence-electron chi connectivity index (χ3n) is 4.35. The predicted octanol–water partition coefficient (Wildman–Crippen LogP) is 3.55. The Labute approximate surface area is 139 Å². The van der Waals surface area contributed by atoms with Gasteiger partial charge in [0.15, 0.2) is 0 Å². The first-order valence-electron chi connectivity index (χ1n) is 7.64. The number of anilines is 1. The summed E-state index contributed by atoms with van der Waals surface area (Å²) in [4.78, 5) is 26.0. The summed E-state index contributed by atoms with van der Waals surface area (Å²) in [5.41, 5.74) is 0.484. The maximum absolute atomic E-state index is 12.6. The Kier molecular flexibility index (Phi) is 4.71. The van der Waals surface area contributed by atoms with E-state index in [4.69, 9.17) is 23.2 Å². The zero-order valence-corrected chi connectivity index (χ0v) is 13.7. The lowest BCUT2D eigenvalue weighted by molar-refractivity contribution is -0.121. The van der Waals surface area contributed by atoms with Crippen molar-refractivity contribution in [2.24, 2.45) is 0 Å². The molecule has 4 nitrogen and oxygen atoms in total. The quantitative estimate of drug-likeness (QED) is 0.856. The highest BCUT2D eigenvalue weighted by Crippen LogP contribution is 2.30. The maximum atomic E-state index is 12.6. The van der Waals surface area contributed by atoms with Crippen molar-refractivity contribution in [2.75, 3.05) is 4.90 Å². The highest BCUT2D eigenvalue weighted by molar-refractivity contribution is 6.42. The van der Waals surface area contributed by atoms with Crippen molar-refractivity contribution in [3.8, 4) is 0 Å². The monoisotopic (exact) mass is 340 g/mol. The van der Waals surface area contributed by atoms with Crippen LogP contribution in [0.4, 0.5) is 5.69 Å². The Morgan fingerprint density at radius 2 is 1.77 bits per heavy atom. The van der Waals surface area contributed by atoms with E-state index in [1.54, 1.807) is 18.2 Å². The first-order valence-corrected chi connectivity index (χ1v) is 8.40. The third kappa shape index (κ3) is 3.14. The largest absolute Gasteiger partial charge is 0.303 e. The fourth-order valence-electron chi connectivity index (χ4n) is 3.21. The van der Waals surface area contributed by atoms with E-state index in [0.717, 1.165) is 12.8 Å².